The molecular formula is C16H22N2O2. The smallest absolute Gasteiger partial charge is 0.118 e. The summed E-state index contributed by atoms with van der Waals surface area (Å²) >= 11 is 0. The maximum absolute atomic E-state index is 11.0. The van der Waals surface area contributed by atoms with Gasteiger partial charge in [0.2, 0.25) is 0 Å². The number of aliphatic hydroxyl groups is 1. The monoisotopic (exact) mass is 274 g/mol. The van der Waals surface area contributed by atoms with Gasteiger partial charge in [-0.3, -0.25) is 4.68 Å². The Hall–Kier alpha value is -1.65. The van der Waals surface area contributed by atoms with E-state index in [1.807, 2.05) is 48.1 Å². The van der Waals surface area contributed by atoms with E-state index >= 15 is 0 Å². The average Bonchev–Trinajstić information content (AvgIpc) is 2.80. The molecule has 0 aliphatic rings. The third-order valence-corrected chi connectivity index (χ3v) is 3.56. The van der Waals surface area contributed by atoms with Gasteiger partial charge in [-0.15, -0.1) is 0 Å². The van der Waals surface area contributed by atoms with Gasteiger partial charge in [0.15, 0.2) is 0 Å². The molecule has 20 heavy (non-hydrogen) atoms. The van der Waals surface area contributed by atoms with E-state index in [0.717, 1.165) is 23.4 Å². The van der Waals surface area contributed by atoms with Crippen molar-refractivity contribution in [2.75, 3.05) is 13.7 Å². The second-order valence-electron chi connectivity index (χ2n) is 5.11. The van der Waals surface area contributed by atoms with Crippen LogP contribution in [0.4, 0.5) is 0 Å². The largest absolute Gasteiger partial charge is 0.382 e. The van der Waals surface area contributed by atoms with Crippen LogP contribution in [-0.2, 0) is 30.2 Å². The summed E-state index contributed by atoms with van der Waals surface area (Å²) in [6.07, 6.45) is 1.37. The van der Waals surface area contributed by atoms with Crippen LogP contribution in [0.5, 0.6) is 0 Å². The molecular weight excluding hydrogens is 252 g/mol. The standard InChI is InChI=1S/C16H22N2O2/c1-4-14-10-15(18(2)17-14)11-16(19,12-20-3)13-8-6-5-7-9-13/h5-10,19H,4,11-12H2,1-3H3. The van der Waals surface area contributed by atoms with Crippen LogP contribution in [0, 0.1) is 0 Å². The highest BCUT2D eigenvalue weighted by atomic mass is 16.5. The molecule has 2 rings (SSSR count). The zero-order chi connectivity index (χ0) is 14.6. The number of hydrogen-bond donors (Lipinski definition) is 1. The quantitative estimate of drug-likeness (QED) is 0.877. The molecule has 0 saturated heterocycles. The Morgan fingerprint density at radius 2 is 2.00 bits per heavy atom. The van der Waals surface area contributed by atoms with Crippen molar-refractivity contribution in [1.29, 1.82) is 0 Å². The van der Waals surface area contributed by atoms with Crippen LogP contribution in [0.2, 0.25) is 0 Å². The third-order valence-electron chi connectivity index (χ3n) is 3.56. The lowest BCUT2D eigenvalue weighted by Crippen LogP contribution is -2.34. The molecule has 0 saturated carbocycles. The topological polar surface area (TPSA) is 47.3 Å². The first kappa shape index (κ1) is 14.8. The van der Waals surface area contributed by atoms with Crippen LogP contribution >= 0.6 is 0 Å². The lowest BCUT2D eigenvalue weighted by molar-refractivity contribution is -0.0367. The highest BCUT2D eigenvalue weighted by molar-refractivity contribution is 5.25. The van der Waals surface area contributed by atoms with Crippen LogP contribution in [0.1, 0.15) is 23.9 Å². The fraction of sp³-hybridized carbons (Fsp3) is 0.438. The van der Waals surface area contributed by atoms with Gasteiger partial charge in [-0.05, 0) is 18.1 Å². The Kier molecular flexibility index (Phi) is 4.57. The molecule has 4 heteroatoms. The Balaban J connectivity index is 2.31. The first-order valence-corrected chi connectivity index (χ1v) is 6.87. The molecule has 2 aromatic rings. The van der Waals surface area contributed by atoms with Crippen molar-refractivity contribution in [2.24, 2.45) is 7.05 Å². The zero-order valence-electron chi connectivity index (χ0n) is 12.3. The molecule has 1 aromatic heterocycles. The summed E-state index contributed by atoms with van der Waals surface area (Å²) in [5.41, 5.74) is 1.87. The summed E-state index contributed by atoms with van der Waals surface area (Å²) in [7, 11) is 3.52. The van der Waals surface area contributed by atoms with Gasteiger partial charge in [0.05, 0.1) is 12.3 Å². The first-order valence-electron chi connectivity index (χ1n) is 6.87. The van der Waals surface area contributed by atoms with Crippen LogP contribution in [0.3, 0.4) is 0 Å². The van der Waals surface area contributed by atoms with Crippen molar-refractivity contribution in [3.63, 3.8) is 0 Å². The molecule has 1 heterocycles. The van der Waals surface area contributed by atoms with Crippen LogP contribution in [0.25, 0.3) is 0 Å². The van der Waals surface area contributed by atoms with Gasteiger partial charge >= 0.3 is 0 Å². The number of aromatic nitrogens is 2. The molecule has 0 aliphatic heterocycles. The number of aryl methyl sites for hydroxylation is 2. The van der Waals surface area contributed by atoms with Gasteiger partial charge in [-0.2, -0.15) is 5.10 Å². The lowest BCUT2D eigenvalue weighted by Gasteiger charge is -2.28. The van der Waals surface area contributed by atoms with Gasteiger partial charge in [0.25, 0.3) is 0 Å². The van der Waals surface area contributed by atoms with E-state index in [-0.39, 0.29) is 6.61 Å². The second-order valence-corrected chi connectivity index (χ2v) is 5.11. The third kappa shape index (κ3) is 3.08. The van der Waals surface area contributed by atoms with Crippen molar-refractivity contribution in [2.45, 2.75) is 25.4 Å². The highest BCUT2D eigenvalue weighted by Gasteiger charge is 2.31. The molecule has 108 valence electrons. The molecule has 0 spiro atoms. The van der Waals surface area contributed by atoms with E-state index in [4.69, 9.17) is 4.74 Å². The Labute approximate surface area is 120 Å². The zero-order valence-corrected chi connectivity index (χ0v) is 12.3. The SMILES string of the molecule is CCc1cc(CC(O)(COC)c2ccccc2)n(C)n1. The maximum Gasteiger partial charge on any atom is 0.118 e. The van der Waals surface area contributed by atoms with Crippen molar-refractivity contribution in [1.82, 2.24) is 9.78 Å². The minimum absolute atomic E-state index is 0.254. The first-order chi connectivity index (χ1) is 9.59. The van der Waals surface area contributed by atoms with E-state index in [1.165, 1.54) is 0 Å². The van der Waals surface area contributed by atoms with Crippen LogP contribution in [-0.4, -0.2) is 28.6 Å². The Morgan fingerprint density at radius 1 is 1.30 bits per heavy atom. The van der Waals surface area contributed by atoms with Gasteiger partial charge in [-0.1, -0.05) is 37.3 Å². The highest BCUT2D eigenvalue weighted by Crippen LogP contribution is 2.26. The van der Waals surface area contributed by atoms with Crippen LogP contribution < -0.4 is 0 Å². The van der Waals surface area contributed by atoms with E-state index in [0.29, 0.717) is 6.42 Å². The van der Waals surface area contributed by atoms with Crippen molar-refractivity contribution >= 4 is 0 Å². The summed E-state index contributed by atoms with van der Waals surface area (Å²) in [6, 6.07) is 11.7. The molecule has 1 atom stereocenters. The van der Waals surface area contributed by atoms with E-state index in [2.05, 4.69) is 12.0 Å². The van der Waals surface area contributed by atoms with E-state index < -0.39 is 5.60 Å². The van der Waals surface area contributed by atoms with Gasteiger partial charge < -0.3 is 9.84 Å². The average molecular weight is 274 g/mol. The van der Waals surface area contributed by atoms with Gasteiger partial charge in [-0.25, -0.2) is 0 Å². The Bertz CT molecular complexity index is 551. The minimum atomic E-state index is -1.03. The number of rotatable bonds is 6. The molecule has 1 N–H and O–H groups in total. The number of hydrogen-bond acceptors (Lipinski definition) is 3. The number of benzene rings is 1. The minimum Gasteiger partial charge on any atom is -0.382 e. The maximum atomic E-state index is 11.0. The lowest BCUT2D eigenvalue weighted by atomic mass is 9.89. The molecule has 0 radical (unpaired) electrons. The predicted octanol–water partition coefficient (Wildman–Crippen LogP) is 2.06. The predicted molar refractivity (Wildman–Crippen MR) is 78.5 cm³/mol. The normalized spacial score (nSPS) is 14.2. The molecule has 4 nitrogen and oxygen atoms in total. The van der Waals surface area contributed by atoms with Crippen molar-refractivity contribution < 1.29 is 9.84 Å². The van der Waals surface area contributed by atoms with Crippen molar-refractivity contribution in [3.05, 3.63) is 53.3 Å². The van der Waals surface area contributed by atoms with E-state index in [1.54, 1.807) is 7.11 Å². The number of ether oxygens (including phenoxy) is 1. The van der Waals surface area contributed by atoms with Crippen LogP contribution in [0.15, 0.2) is 36.4 Å². The molecule has 0 aliphatic carbocycles. The Morgan fingerprint density at radius 3 is 2.55 bits per heavy atom. The summed E-state index contributed by atoms with van der Waals surface area (Å²) in [5, 5.41) is 15.4. The molecule has 0 fully saturated rings. The van der Waals surface area contributed by atoms with E-state index in [9.17, 15) is 5.11 Å². The fourth-order valence-corrected chi connectivity index (χ4v) is 2.43. The summed E-state index contributed by atoms with van der Waals surface area (Å²) in [4.78, 5) is 0. The number of nitrogens with zero attached hydrogens (tertiary/aromatic N) is 2. The number of methoxy groups -OCH3 is 1. The molecule has 1 unspecified atom stereocenters. The molecule has 0 bridgehead atoms. The summed E-state index contributed by atoms with van der Waals surface area (Å²) in [6.45, 7) is 2.33. The fourth-order valence-electron chi connectivity index (χ4n) is 2.43. The molecule has 1 aromatic carbocycles. The van der Waals surface area contributed by atoms with Gasteiger partial charge in [0.1, 0.15) is 5.60 Å². The molecule has 0 amide bonds. The van der Waals surface area contributed by atoms with Crippen molar-refractivity contribution in [3.8, 4) is 0 Å². The second kappa shape index (κ2) is 6.20. The summed E-state index contributed by atoms with van der Waals surface area (Å²) in [5.74, 6) is 0. The summed E-state index contributed by atoms with van der Waals surface area (Å²) < 4.78 is 7.06. The van der Waals surface area contributed by atoms with Gasteiger partial charge in [0, 0.05) is 26.3 Å².